The predicted molar refractivity (Wildman–Crippen MR) is 76.0 cm³/mol. The molecule has 1 unspecified atom stereocenters. The molecule has 0 saturated carbocycles. The number of aryl methyl sites for hydroxylation is 1. The fraction of sp³-hybridized carbons (Fsp3) is 0.312. The van der Waals surface area contributed by atoms with Gasteiger partial charge in [0.1, 0.15) is 0 Å². The summed E-state index contributed by atoms with van der Waals surface area (Å²) in [5, 5.41) is 3.12. The summed E-state index contributed by atoms with van der Waals surface area (Å²) in [6.07, 6.45) is -1.79. The van der Waals surface area contributed by atoms with Gasteiger partial charge in [0.05, 0.1) is 17.3 Å². The van der Waals surface area contributed by atoms with E-state index >= 15 is 0 Å². The fourth-order valence-corrected chi connectivity index (χ4v) is 2.34. The summed E-state index contributed by atoms with van der Waals surface area (Å²) in [7, 11) is 1.77. The summed E-state index contributed by atoms with van der Waals surface area (Å²) in [6, 6.07) is 8.83. The van der Waals surface area contributed by atoms with Crippen molar-refractivity contribution in [3.05, 3.63) is 65.0 Å². The molecule has 0 amide bonds. The highest BCUT2D eigenvalue weighted by Crippen LogP contribution is 2.31. The van der Waals surface area contributed by atoms with Crippen LogP contribution in [-0.2, 0) is 12.6 Å². The Morgan fingerprint density at radius 1 is 1.14 bits per heavy atom. The van der Waals surface area contributed by atoms with Gasteiger partial charge in [0.15, 0.2) is 0 Å². The standard InChI is InChI=1S/C16H17F3N2/c1-3-11-5-4-10-21-15(11)14(20-2)12-6-8-13(9-7-12)16(17,18)19/h4-10,14,20H,3H2,1-2H3. The largest absolute Gasteiger partial charge is 0.416 e. The molecule has 0 aliphatic rings. The molecular weight excluding hydrogens is 277 g/mol. The van der Waals surface area contributed by atoms with Crippen LogP contribution in [-0.4, -0.2) is 12.0 Å². The van der Waals surface area contributed by atoms with Crippen LogP contribution in [0.3, 0.4) is 0 Å². The Labute approximate surface area is 122 Å². The molecule has 2 nitrogen and oxygen atoms in total. The van der Waals surface area contributed by atoms with Gasteiger partial charge >= 0.3 is 6.18 Å². The number of alkyl halides is 3. The summed E-state index contributed by atoms with van der Waals surface area (Å²) < 4.78 is 37.8. The summed E-state index contributed by atoms with van der Waals surface area (Å²) in [4.78, 5) is 4.38. The number of aromatic nitrogens is 1. The monoisotopic (exact) mass is 294 g/mol. The molecule has 112 valence electrons. The van der Waals surface area contributed by atoms with Crippen molar-refractivity contribution in [3.63, 3.8) is 0 Å². The van der Waals surface area contributed by atoms with Gasteiger partial charge in [-0.1, -0.05) is 25.1 Å². The van der Waals surface area contributed by atoms with E-state index in [0.717, 1.165) is 35.4 Å². The zero-order valence-corrected chi connectivity index (χ0v) is 11.9. The third kappa shape index (κ3) is 3.42. The van der Waals surface area contributed by atoms with Gasteiger partial charge in [-0.3, -0.25) is 4.98 Å². The number of benzene rings is 1. The maximum Gasteiger partial charge on any atom is 0.416 e. The Balaban J connectivity index is 2.38. The van der Waals surface area contributed by atoms with Gasteiger partial charge in [-0.25, -0.2) is 0 Å². The van der Waals surface area contributed by atoms with E-state index < -0.39 is 11.7 Å². The van der Waals surface area contributed by atoms with Crippen LogP contribution in [0, 0.1) is 0 Å². The van der Waals surface area contributed by atoms with Gasteiger partial charge in [-0.15, -0.1) is 0 Å². The van der Waals surface area contributed by atoms with Crippen LogP contribution in [0.1, 0.15) is 35.3 Å². The van der Waals surface area contributed by atoms with Crippen LogP contribution in [0.2, 0.25) is 0 Å². The number of nitrogens with zero attached hydrogens (tertiary/aromatic N) is 1. The third-order valence-electron chi connectivity index (χ3n) is 3.44. The van der Waals surface area contributed by atoms with E-state index in [1.54, 1.807) is 13.2 Å². The van der Waals surface area contributed by atoms with Crippen molar-refractivity contribution >= 4 is 0 Å². The highest BCUT2D eigenvalue weighted by atomic mass is 19.4. The first-order valence-corrected chi connectivity index (χ1v) is 6.75. The van der Waals surface area contributed by atoms with E-state index in [0.29, 0.717) is 0 Å². The van der Waals surface area contributed by atoms with Crippen LogP contribution in [0.15, 0.2) is 42.6 Å². The summed E-state index contributed by atoms with van der Waals surface area (Å²) >= 11 is 0. The first-order chi connectivity index (χ1) is 9.97. The molecule has 5 heteroatoms. The van der Waals surface area contributed by atoms with Crippen molar-refractivity contribution in [2.45, 2.75) is 25.6 Å². The van der Waals surface area contributed by atoms with Crippen molar-refractivity contribution < 1.29 is 13.2 Å². The van der Waals surface area contributed by atoms with Crippen LogP contribution in [0.4, 0.5) is 13.2 Å². The molecular formula is C16H17F3N2. The Morgan fingerprint density at radius 2 is 1.81 bits per heavy atom. The van der Waals surface area contributed by atoms with Crippen molar-refractivity contribution in [1.29, 1.82) is 0 Å². The Bertz CT molecular complexity index is 591. The topological polar surface area (TPSA) is 24.9 Å². The first kappa shape index (κ1) is 15.5. The summed E-state index contributed by atoms with van der Waals surface area (Å²) in [6.45, 7) is 2.03. The number of halogens is 3. The molecule has 2 rings (SSSR count). The van der Waals surface area contributed by atoms with E-state index in [1.165, 1.54) is 12.1 Å². The quantitative estimate of drug-likeness (QED) is 0.923. The highest BCUT2D eigenvalue weighted by molar-refractivity contribution is 5.35. The lowest BCUT2D eigenvalue weighted by atomic mass is 9.97. The van der Waals surface area contributed by atoms with Gasteiger partial charge < -0.3 is 5.32 Å². The lowest BCUT2D eigenvalue weighted by Crippen LogP contribution is -2.20. The minimum Gasteiger partial charge on any atom is -0.308 e. The van der Waals surface area contributed by atoms with E-state index in [1.807, 2.05) is 19.1 Å². The van der Waals surface area contributed by atoms with Crippen LogP contribution < -0.4 is 5.32 Å². The van der Waals surface area contributed by atoms with Crippen LogP contribution in [0.5, 0.6) is 0 Å². The third-order valence-corrected chi connectivity index (χ3v) is 3.44. The molecule has 1 aromatic heterocycles. The molecule has 1 aromatic carbocycles. The van der Waals surface area contributed by atoms with Crippen LogP contribution in [0.25, 0.3) is 0 Å². The van der Waals surface area contributed by atoms with Crippen molar-refractivity contribution in [2.24, 2.45) is 0 Å². The number of pyridine rings is 1. The second-order valence-corrected chi connectivity index (χ2v) is 4.74. The molecule has 1 N–H and O–H groups in total. The van der Waals surface area contributed by atoms with Gasteiger partial charge in [-0.05, 0) is 42.8 Å². The number of rotatable bonds is 4. The Hall–Kier alpha value is -1.88. The number of nitrogens with one attached hydrogen (secondary N) is 1. The minimum atomic E-state index is -4.31. The maximum absolute atomic E-state index is 12.6. The smallest absolute Gasteiger partial charge is 0.308 e. The number of hydrogen-bond acceptors (Lipinski definition) is 2. The second-order valence-electron chi connectivity index (χ2n) is 4.74. The molecule has 0 saturated heterocycles. The lowest BCUT2D eigenvalue weighted by Gasteiger charge is -2.19. The second kappa shape index (κ2) is 6.26. The zero-order valence-electron chi connectivity index (χ0n) is 11.9. The fourth-order valence-electron chi connectivity index (χ4n) is 2.34. The molecule has 0 aliphatic heterocycles. The Morgan fingerprint density at radius 3 is 2.33 bits per heavy atom. The minimum absolute atomic E-state index is 0.219. The van der Waals surface area contributed by atoms with Crippen molar-refractivity contribution in [2.75, 3.05) is 7.05 Å². The zero-order chi connectivity index (χ0) is 15.5. The van der Waals surface area contributed by atoms with E-state index in [4.69, 9.17) is 0 Å². The lowest BCUT2D eigenvalue weighted by molar-refractivity contribution is -0.137. The van der Waals surface area contributed by atoms with Gasteiger partial charge in [0.25, 0.3) is 0 Å². The molecule has 1 atom stereocenters. The molecule has 2 aromatic rings. The Kier molecular flexibility index (Phi) is 4.63. The van der Waals surface area contributed by atoms with E-state index in [9.17, 15) is 13.2 Å². The first-order valence-electron chi connectivity index (χ1n) is 6.75. The van der Waals surface area contributed by atoms with E-state index in [2.05, 4.69) is 10.3 Å². The van der Waals surface area contributed by atoms with Crippen molar-refractivity contribution in [3.8, 4) is 0 Å². The molecule has 1 heterocycles. The van der Waals surface area contributed by atoms with Gasteiger partial charge in [0.2, 0.25) is 0 Å². The molecule has 0 fully saturated rings. The molecule has 0 spiro atoms. The molecule has 21 heavy (non-hydrogen) atoms. The molecule has 0 radical (unpaired) electrons. The van der Waals surface area contributed by atoms with Gasteiger partial charge in [-0.2, -0.15) is 13.2 Å². The normalized spacial score (nSPS) is 13.2. The molecule has 0 aliphatic carbocycles. The van der Waals surface area contributed by atoms with E-state index in [-0.39, 0.29) is 6.04 Å². The van der Waals surface area contributed by atoms with Crippen molar-refractivity contribution in [1.82, 2.24) is 10.3 Å². The SMILES string of the molecule is CCc1cccnc1C(NC)c1ccc(C(F)(F)F)cc1. The average Bonchev–Trinajstić information content (AvgIpc) is 2.48. The van der Waals surface area contributed by atoms with Crippen LogP contribution >= 0.6 is 0 Å². The average molecular weight is 294 g/mol. The molecule has 0 bridgehead atoms. The maximum atomic E-state index is 12.6. The highest BCUT2D eigenvalue weighted by Gasteiger charge is 2.30. The number of hydrogen-bond donors (Lipinski definition) is 1. The van der Waals surface area contributed by atoms with Gasteiger partial charge in [0, 0.05) is 6.20 Å². The predicted octanol–water partition coefficient (Wildman–Crippen LogP) is 3.97. The summed E-state index contributed by atoms with van der Waals surface area (Å²) in [5.74, 6) is 0. The summed E-state index contributed by atoms with van der Waals surface area (Å²) in [5.41, 5.74) is 2.05.